The summed E-state index contributed by atoms with van der Waals surface area (Å²) in [4.78, 5) is 17.7. The molecule has 3 rings (SSSR count). The van der Waals surface area contributed by atoms with Gasteiger partial charge in [0.2, 0.25) is 0 Å². The zero-order valence-electron chi connectivity index (χ0n) is 12.0. The maximum atomic E-state index is 4.49. The zero-order chi connectivity index (χ0) is 13.9. The molecule has 2 aromatic heterocycles. The quantitative estimate of drug-likeness (QED) is 0.887. The highest BCUT2D eigenvalue weighted by Gasteiger charge is 2.21. The number of nitrogens with one attached hydrogen (secondary N) is 1. The number of piperazine rings is 1. The lowest BCUT2D eigenvalue weighted by atomic mass is 10.2. The maximum absolute atomic E-state index is 4.49. The molecule has 0 saturated carbocycles. The predicted octanol–water partition coefficient (Wildman–Crippen LogP) is 0.682. The summed E-state index contributed by atoms with van der Waals surface area (Å²) in [6.45, 7) is 4.22. The van der Waals surface area contributed by atoms with Crippen molar-refractivity contribution in [2.45, 2.75) is 6.04 Å². The zero-order valence-corrected chi connectivity index (χ0v) is 12.0. The van der Waals surface area contributed by atoms with E-state index in [9.17, 15) is 0 Å². The molecule has 1 fully saturated rings. The first kappa shape index (κ1) is 13.2. The number of rotatable bonds is 3. The number of likely N-dealkylation sites (N-methyl/N-ethyl adjacent to an activating group) is 2. The van der Waals surface area contributed by atoms with Crippen LogP contribution in [0.1, 0.15) is 0 Å². The third-order valence-corrected chi connectivity index (χ3v) is 3.83. The molecule has 3 heterocycles. The van der Waals surface area contributed by atoms with E-state index in [1.165, 1.54) is 0 Å². The fraction of sp³-hybridized carbons (Fsp3) is 0.500. The summed E-state index contributed by atoms with van der Waals surface area (Å²) in [7, 11) is 4.35. The van der Waals surface area contributed by atoms with E-state index in [-0.39, 0.29) is 0 Å². The molecule has 1 aliphatic rings. The molecule has 1 atom stereocenters. The Bertz CT molecular complexity index is 587. The summed E-state index contributed by atoms with van der Waals surface area (Å²) in [5, 5.41) is 3.41. The first-order valence-electron chi connectivity index (χ1n) is 6.93. The van der Waals surface area contributed by atoms with Crippen molar-refractivity contribution in [3.8, 4) is 0 Å². The van der Waals surface area contributed by atoms with Crippen LogP contribution in [-0.2, 0) is 0 Å². The number of pyridine rings is 1. The van der Waals surface area contributed by atoms with Gasteiger partial charge in [0.05, 0.1) is 0 Å². The predicted molar refractivity (Wildman–Crippen MR) is 79.7 cm³/mol. The smallest absolute Gasteiger partial charge is 0.180 e. The number of anilines is 1. The van der Waals surface area contributed by atoms with Crippen molar-refractivity contribution < 1.29 is 0 Å². The minimum absolute atomic E-state index is 0.508. The lowest BCUT2D eigenvalue weighted by molar-refractivity contribution is 0.122. The molecule has 1 N–H and O–H groups in total. The van der Waals surface area contributed by atoms with Gasteiger partial charge in [0.25, 0.3) is 0 Å². The van der Waals surface area contributed by atoms with Crippen LogP contribution in [0, 0.1) is 0 Å². The van der Waals surface area contributed by atoms with Crippen molar-refractivity contribution in [2.75, 3.05) is 45.6 Å². The highest BCUT2D eigenvalue weighted by molar-refractivity contribution is 5.71. The Hall–Kier alpha value is -1.79. The van der Waals surface area contributed by atoms with Crippen molar-refractivity contribution in [1.82, 2.24) is 24.8 Å². The van der Waals surface area contributed by atoms with E-state index in [1.807, 2.05) is 12.1 Å². The average Bonchev–Trinajstić information content (AvgIpc) is 2.48. The summed E-state index contributed by atoms with van der Waals surface area (Å²) < 4.78 is 0. The van der Waals surface area contributed by atoms with Gasteiger partial charge in [-0.1, -0.05) is 0 Å². The molecule has 1 saturated heterocycles. The molecule has 1 aliphatic heterocycles. The monoisotopic (exact) mass is 272 g/mol. The van der Waals surface area contributed by atoms with E-state index in [4.69, 9.17) is 0 Å². The van der Waals surface area contributed by atoms with E-state index in [1.54, 1.807) is 12.4 Å². The third kappa shape index (κ3) is 2.86. The number of hydrogen-bond acceptors (Lipinski definition) is 6. The first-order chi connectivity index (χ1) is 9.72. The Balaban J connectivity index is 1.67. The van der Waals surface area contributed by atoms with Crippen LogP contribution >= 0.6 is 0 Å². The summed E-state index contributed by atoms with van der Waals surface area (Å²) in [5.41, 5.74) is 1.51. The SMILES string of the molecule is CN1CCN(C)C(CNc2ccc3nccnc3n2)C1. The second-order valence-corrected chi connectivity index (χ2v) is 5.37. The van der Waals surface area contributed by atoms with Gasteiger partial charge in [-0.25, -0.2) is 9.97 Å². The largest absolute Gasteiger partial charge is 0.368 e. The summed E-state index contributed by atoms with van der Waals surface area (Å²) in [5.74, 6) is 0.861. The molecule has 0 amide bonds. The average molecular weight is 272 g/mol. The number of hydrogen-bond donors (Lipinski definition) is 1. The van der Waals surface area contributed by atoms with Crippen LogP contribution in [0.15, 0.2) is 24.5 Å². The normalized spacial score (nSPS) is 21.2. The Morgan fingerprint density at radius 1 is 1.20 bits per heavy atom. The minimum atomic E-state index is 0.508. The van der Waals surface area contributed by atoms with E-state index in [2.05, 4.69) is 44.2 Å². The molecule has 6 heteroatoms. The fourth-order valence-corrected chi connectivity index (χ4v) is 2.50. The number of aromatic nitrogens is 3. The summed E-state index contributed by atoms with van der Waals surface area (Å²) >= 11 is 0. The van der Waals surface area contributed by atoms with Crippen molar-refractivity contribution in [2.24, 2.45) is 0 Å². The third-order valence-electron chi connectivity index (χ3n) is 3.83. The Morgan fingerprint density at radius 3 is 2.95 bits per heavy atom. The highest BCUT2D eigenvalue weighted by atomic mass is 15.3. The standard InChI is InChI=1S/C14H20N6/c1-19-7-8-20(2)11(10-19)9-17-13-4-3-12-14(18-13)16-6-5-15-12/h3-6,11H,7-10H2,1-2H3,(H,16,17,18). The van der Waals surface area contributed by atoms with Gasteiger partial charge >= 0.3 is 0 Å². The van der Waals surface area contributed by atoms with Gasteiger partial charge in [0.15, 0.2) is 5.65 Å². The van der Waals surface area contributed by atoms with Crippen molar-refractivity contribution >= 4 is 17.0 Å². The Labute approximate surface area is 118 Å². The van der Waals surface area contributed by atoms with Crippen LogP contribution in [-0.4, -0.2) is 71.1 Å². The Morgan fingerprint density at radius 2 is 2.05 bits per heavy atom. The highest BCUT2D eigenvalue weighted by Crippen LogP contribution is 2.12. The summed E-state index contributed by atoms with van der Waals surface area (Å²) in [6.07, 6.45) is 3.35. The lowest BCUT2D eigenvalue weighted by Gasteiger charge is -2.37. The van der Waals surface area contributed by atoms with Gasteiger partial charge in [0, 0.05) is 44.6 Å². The molecule has 0 radical (unpaired) electrons. The Kier molecular flexibility index (Phi) is 3.75. The molecule has 20 heavy (non-hydrogen) atoms. The van der Waals surface area contributed by atoms with Crippen molar-refractivity contribution in [1.29, 1.82) is 0 Å². The van der Waals surface area contributed by atoms with Gasteiger partial charge in [-0.15, -0.1) is 0 Å². The van der Waals surface area contributed by atoms with Crippen LogP contribution in [0.2, 0.25) is 0 Å². The fourth-order valence-electron chi connectivity index (χ4n) is 2.50. The topological polar surface area (TPSA) is 57.2 Å². The van der Waals surface area contributed by atoms with E-state index >= 15 is 0 Å². The molecular formula is C14H20N6. The van der Waals surface area contributed by atoms with Gasteiger partial charge in [-0.3, -0.25) is 9.88 Å². The molecule has 1 unspecified atom stereocenters. The molecule has 0 aliphatic carbocycles. The lowest BCUT2D eigenvalue weighted by Crippen LogP contribution is -2.52. The molecule has 0 aromatic carbocycles. The summed E-state index contributed by atoms with van der Waals surface area (Å²) in [6, 6.07) is 4.42. The van der Waals surface area contributed by atoms with E-state index in [0.717, 1.165) is 37.5 Å². The van der Waals surface area contributed by atoms with Gasteiger partial charge < -0.3 is 10.2 Å². The molecule has 2 aromatic rings. The second kappa shape index (κ2) is 5.68. The van der Waals surface area contributed by atoms with Gasteiger partial charge in [0.1, 0.15) is 11.3 Å². The first-order valence-corrected chi connectivity index (χ1v) is 6.93. The van der Waals surface area contributed by atoms with Crippen LogP contribution in [0.25, 0.3) is 11.2 Å². The molecular weight excluding hydrogens is 252 g/mol. The van der Waals surface area contributed by atoms with Gasteiger partial charge in [-0.05, 0) is 26.2 Å². The van der Waals surface area contributed by atoms with Crippen LogP contribution in [0.3, 0.4) is 0 Å². The molecule has 6 nitrogen and oxygen atoms in total. The molecule has 0 spiro atoms. The van der Waals surface area contributed by atoms with Crippen molar-refractivity contribution in [3.63, 3.8) is 0 Å². The maximum Gasteiger partial charge on any atom is 0.180 e. The van der Waals surface area contributed by atoms with Crippen LogP contribution in [0.4, 0.5) is 5.82 Å². The van der Waals surface area contributed by atoms with Crippen molar-refractivity contribution in [3.05, 3.63) is 24.5 Å². The van der Waals surface area contributed by atoms with E-state index in [0.29, 0.717) is 11.7 Å². The molecule has 106 valence electrons. The van der Waals surface area contributed by atoms with Crippen LogP contribution in [0.5, 0.6) is 0 Å². The van der Waals surface area contributed by atoms with Gasteiger partial charge in [-0.2, -0.15) is 0 Å². The second-order valence-electron chi connectivity index (χ2n) is 5.37. The van der Waals surface area contributed by atoms with E-state index < -0.39 is 0 Å². The number of nitrogens with zero attached hydrogens (tertiary/aromatic N) is 5. The minimum Gasteiger partial charge on any atom is -0.368 e. The number of fused-ring (bicyclic) bond motifs is 1. The molecule has 0 bridgehead atoms. The van der Waals surface area contributed by atoms with Crippen LogP contribution < -0.4 is 5.32 Å².